The largest absolute Gasteiger partial charge is 0.481 e. The predicted octanol–water partition coefficient (Wildman–Crippen LogP) is 0.0848. The molecular formula is C9H10N4O2. The number of H-pyrrole nitrogens is 1. The summed E-state index contributed by atoms with van der Waals surface area (Å²) in [7, 11) is 0. The first kappa shape index (κ1) is 9.60. The lowest BCUT2D eigenvalue weighted by Gasteiger charge is -2.06. The molecule has 1 unspecified atom stereocenters. The van der Waals surface area contributed by atoms with Crippen LogP contribution in [0.1, 0.15) is 11.6 Å². The van der Waals surface area contributed by atoms with Crippen molar-refractivity contribution in [3.63, 3.8) is 0 Å². The van der Waals surface area contributed by atoms with Crippen molar-refractivity contribution in [2.75, 3.05) is 6.54 Å². The topological polar surface area (TPSA) is 105 Å². The quantitative estimate of drug-likeness (QED) is 0.659. The Morgan fingerprint density at radius 2 is 2.47 bits per heavy atom. The van der Waals surface area contributed by atoms with Crippen LogP contribution in [-0.2, 0) is 4.79 Å². The van der Waals surface area contributed by atoms with Crippen molar-refractivity contribution in [2.24, 2.45) is 5.73 Å². The third-order valence-corrected chi connectivity index (χ3v) is 2.27. The standard InChI is InChI=1S/C9H10N4O2/c10-3-5(9(14)15)8-6-4-11-2-1-7(6)12-13-8/h1-2,4-5H,3,10H2,(H,12,13)(H,14,15). The maximum absolute atomic E-state index is 10.9. The molecule has 2 rings (SSSR count). The van der Waals surface area contributed by atoms with Crippen LogP contribution in [0.4, 0.5) is 0 Å². The highest BCUT2D eigenvalue weighted by atomic mass is 16.4. The molecule has 0 spiro atoms. The molecule has 0 saturated carbocycles. The molecule has 2 aromatic heterocycles. The number of nitrogens with two attached hydrogens (primary N) is 1. The molecule has 0 radical (unpaired) electrons. The number of aliphatic carboxylic acids is 1. The molecule has 0 aliphatic carbocycles. The van der Waals surface area contributed by atoms with E-state index in [0.717, 1.165) is 0 Å². The van der Waals surface area contributed by atoms with Crippen molar-refractivity contribution in [1.29, 1.82) is 0 Å². The molecule has 0 aliphatic heterocycles. The summed E-state index contributed by atoms with van der Waals surface area (Å²) in [6.45, 7) is 0.0293. The van der Waals surface area contributed by atoms with Gasteiger partial charge in [0, 0.05) is 24.3 Å². The van der Waals surface area contributed by atoms with E-state index in [2.05, 4.69) is 15.2 Å². The zero-order valence-corrected chi connectivity index (χ0v) is 7.84. The molecule has 78 valence electrons. The number of hydrogen-bond acceptors (Lipinski definition) is 4. The number of carbonyl (C=O) groups is 1. The summed E-state index contributed by atoms with van der Waals surface area (Å²) in [5.41, 5.74) is 6.61. The molecular weight excluding hydrogens is 196 g/mol. The second-order valence-corrected chi connectivity index (χ2v) is 3.16. The molecule has 2 heterocycles. The van der Waals surface area contributed by atoms with Crippen molar-refractivity contribution in [2.45, 2.75) is 5.92 Å². The SMILES string of the molecule is NCC(C(=O)O)c1[nH]nc2ccncc12. The number of carboxylic acids is 1. The highest BCUT2D eigenvalue weighted by Gasteiger charge is 2.22. The minimum atomic E-state index is -0.966. The Labute approximate surface area is 85.1 Å². The minimum absolute atomic E-state index is 0.0293. The van der Waals surface area contributed by atoms with Crippen molar-refractivity contribution in [3.8, 4) is 0 Å². The molecule has 6 nitrogen and oxygen atoms in total. The zero-order valence-electron chi connectivity index (χ0n) is 7.84. The Bertz CT molecular complexity index is 494. The van der Waals surface area contributed by atoms with Crippen LogP contribution in [0.15, 0.2) is 18.5 Å². The van der Waals surface area contributed by atoms with Gasteiger partial charge in [0.1, 0.15) is 5.92 Å². The zero-order chi connectivity index (χ0) is 10.8. The van der Waals surface area contributed by atoms with E-state index < -0.39 is 11.9 Å². The van der Waals surface area contributed by atoms with Gasteiger partial charge >= 0.3 is 5.97 Å². The highest BCUT2D eigenvalue weighted by Crippen LogP contribution is 2.21. The van der Waals surface area contributed by atoms with Crippen LogP contribution in [0.25, 0.3) is 10.9 Å². The number of aromatic nitrogens is 3. The summed E-state index contributed by atoms with van der Waals surface area (Å²) in [4.78, 5) is 14.9. The molecule has 0 saturated heterocycles. The second-order valence-electron chi connectivity index (χ2n) is 3.16. The van der Waals surface area contributed by atoms with E-state index in [1.165, 1.54) is 0 Å². The molecule has 2 aromatic rings. The molecule has 0 aliphatic rings. The van der Waals surface area contributed by atoms with Gasteiger partial charge in [0.2, 0.25) is 0 Å². The van der Waals surface area contributed by atoms with E-state index in [-0.39, 0.29) is 6.54 Å². The molecule has 0 fully saturated rings. The van der Waals surface area contributed by atoms with E-state index in [1.54, 1.807) is 18.5 Å². The van der Waals surface area contributed by atoms with E-state index in [1.807, 2.05) is 0 Å². The fourth-order valence-corrected chi connectivity index (χ4v) is 1.48. The fourth-order valence-electron chi connectivity index (χ4n) is 1.48. The maximum Gasteiger partial charge on any atom is 0.313 e. The van der Waals surface area contributed by atoms with Gasteiger partial charge in [0.25, 0.3) is 0 Å². The summed E-state index contributed by atoms with van der Waals surface area (Å²) in [5.74, 6) is -1.73. The van der Waals surface area contributed by atoms with Gasteiger partial charge in [-0.05, 0) is 6.07 Å². The van der Waals surface area contributed by atoms with Crippen LogP contribution in [0.2, 0.25) is 0 Å². The molecule has 1 atom stereocenters. The number of rotatable bonds is 3. The Balaban J connectivity index is 2.55. The van der Waals surface area contributed by atoms with E-state index >= 15 is 0 Å². The molecule has 15 heavy (non-hydrogen) atoms. The Hall–Kier alpha value is -1.95. The third kappa shape index (κ3) is 1.55. The van der Waals surface area contributed by atoms with Crippen molar-refractivity contribution < 1.29 is 9.90 Å². The van der Waals surface area contributed by atoms with Gasteiger partial charge in [0.05, 0.1) is 11.2 Å². The maximum atomic E-state index is 10.9. The van der Waals surface area contributed by atoms with Crippen LogP contribution in [-0.4, -0.2) is 32.8 Å². The Morgan fingerprint density at radius 1 is 1.67 bits per heavy atom. The van der Waals surface area contributed by atoms with Crippen LogP contribution in [0.5, 0.6) is 0 Å². The normalized spacial score (nSPS) is 12.9. The van der Waals surface area contributed by atoms with E-state index in [4.69, 9.17) is 10.8 Å². The number of hydrogen-bond donors (Lipinski definition) is 3. The summed E-state index contributed by atoms with van der Waals surface area (Å²) in [6, 6.07) is 1.71. The van der Waals surface area contributed by atoms with Crippen LogP contribution in [0.3, 0.4) is 0 Å². The fraction of sp³-hybridized carbons (Fsp3) is 0.222. The first-order valence-corrected chi connectivity index (χ1v) is 4.45. The molecule has 0 aromatic carbocycles. The van der Waals surface area contributed by atoms with Gasteiger partial charge in [0.15, 0.2) is 0 Å². The van der Waals surface area contributed by atoms with Crippen molar-refractivity contribution in [1.82, 2.24) is 15.2 Å². The Morgan fingerprint density at radius 3 is 3.13 bits per heavy atom. The minimum Gasteiger partial charge on any atom is -0.481 e. The second kappa shape index (κ2) is 3.66. The van der Waals surface area contributed by atoms with Crippen molar-refractivity contribution >= 4 is 16.9 Å². The molecule has 4 N–H and O–H groups in total. The number of carboxylic acid groups (broad SMARTS) is 1. The van der Waals surface area contributed by atoms with Gasteiger partial charge in [-0.15, -0.1) is 0 Å². The molecule has 0 amide bonds. The summed E-state index contributed by atoms with van der Waals surface area (Å²) < 4.78 is 0. The lowest BCUT2D eigenvalue weighted by molar-refractivity contribution is -0.138. The average molecular weight is 206 g/mol. The third-order valence-electron chi connectivity index (χ3n) is 2.27. The van der Waals surface area contributed by atoms with Crippen LogP contribution >= 0.6 is 0 Å². The van der Waals surface area contributed by atoms with Crippen LogP contribution < -0.4 is 5.73 Å². The Kier molecular flexibility index (Phi) is 2.34. The van der Waals surface area contributed by atoms with Gasteiger partial charge in [-0.1, -0.05) is 0 Å². The van der Waals surface area contributed by atoms with Crippen molar-refractivity contribution in [3.05, 3.63) is 24.2 Å². The number of nitrogens with zero attached hydrogens (tertiary/aromatic N) is 2. The van der Waals surface area contributed by atoms with Crippen LogP contribution in [0, 0.1) is 0 Å². The summed E-state index contributed by atoms with van der Waals surface area (Å²) >= 11 is 0. The molecule has 0 bridgehead atoms. The number of fused-ring (bicyclic) bond motifs is 1. The van der Waals surface area contributed by atoms with Gasteiger partial charge < -0.3 is 10.8 Å². The predicted molar refractivity (Wildman–Crippen MR) is 53.3 cm³/mol. The lowest BCUT2D eigenvalue weighted by Crippen LogP contribution is -2.21. The monoisotopic (exact) mass is 206 g/mol. The highest BCUT2D eigenvalue weighted by molar-refractivity contribution is 5.87. The van der Waals surface area contributed by atoms with Gasteiger partial charge in [-0.2, -0.15) is 5.10 Å². The molecule has 6 heteroatoms. The van der Waals surface area contributed by atoms with Gasteiger partial charge in [-0.3, -0.25) is 14.9 Å². The summed E-state index contributed by atoms with van der Waals surface area (Å²) in [5, 5.41) is 16.3. The smallest absolute Gasteiger partial charge is 0.313 e. The summed E-state index contributed by atoms with van der Waals surface area (Å²) in [6.07, 6.45) is 3.19. The first-order chi connectivity index (χ1) is 7.24. The number of pyridine rings is 1. The average Bonchev–Trinajstić information content (AvgIpc) is 2.63. The van der Waals surface area contributed by atoms with E-state index in [0.29, 0.717) is 16.6 Å². The number of nitrogens with one attached hydrogen (secondary N) is 1. The number of aromatic amines is 1. The van der Waals surface area contributed by atoms with E-state index in [9.17, 15) is 4.79 Å². The lowest BCUT2D eigenvalue weighted by atomic mass is 10.0. The van der Waals surface area contributed by atoms with Gasteiger partial charge in [-0.25, -0.2) is 0 Å². The first-order valence-electron chi connectivity index (χ1n) is 4.45.